The smallest absolute Gasteiger partial charge is 0.000506 e. The monoisotopic (exact) mass is 187 g/mol. The summed E-state index contributed by atoms with van der Waals surface area (Å²) in [4.78, 5) is 0. The molecule has 3 rings (SSSR count). The van der Waals surface area contributed by atoms with Crippen LogP contribution in [0.1, 0.15) is 23.1 Å². The topological polar surface area (TPSA) is 12.0 Å². The van der Waals surface area contributed by atoms with Crippen molar-refractivity contribution >= 4 is 0 Å². The first-order valence-corrected chi connectivity index (χ1v) is 5.73. The van der Waals surface area contributed by atoms with E-state index in [9.17, 15) is 0 Å². The van der Waals surface area contributed by atoms with Gasteiger partial charge in [0.15, 0.2) is 0 Å². The zero-order valence-electron chi connectivity index (χ0n) is 8.55. The van der Waals surface area contributed by atoms with Gasteiger partial charge in [-0.05, 0) is 61.4 Å². The molecule has 0 radical (unpaired) electrons. The third-order valence-electron chi connectivity index (χ3n) is 3.55. The van der Waals surface area contributed by atoms with Crippen LogP contribution in [0.3, 0.4) is 0 Å². The van der Waals surface area contributed by atoms with Crippen LogP contribution in [0, 0.1) is 5.92 Å². The summed E-state index contributed by atoms with van der Waals surface area (Å²) in [6.45, 7) is 2.44. The Kier molecular flexibility index (Phi) is 2.06. The summed E-state index contributed by atoms with van der Waals surface area (Å²) in [5.74, 6) is 0.898. The van der Waals surface area contributed by atoms with Crippen LogP contribution in [0.15, 0.2) is 18.2 Å². The second-order valence-electron chi connectivity index (χ2n) is 4.69. The summed E-state index contributed by atoms with van der Waals surface area (Å²) in [5, 5.41) is 3.33. The van der Waals surface area contributed by atoms with E-state index in [0.29, 0.717) is 0 Å². The van der Waals surface area contributed by atoms with Crippen molar-refractivity contribution in [2.75, 3.05) is 13.1 Å². The van der Waals surface area contributed by atoms with Gasteiger partial charge in [0.1, 0.15) is 0 Å². The van der Waals surface area contributed by atoms with Gasteiger partial charge in [-0.2, -0.15) is 0 Å². The van der Waals surface area contributed by atoms with E-state index in [0.717, 1.165) is 5.92 Å². The number of aryl methyl sites for hydroxylation is 2. The van der Waals surface area contributed by atoms with Crippen LogP contribution in [0.4, 0.5) is 0 Å². The van der Waals surface area contributed by atoms with Crippen molar-refractivity contribution in [1.82, 2.24) is 5.32 Å². The molecular weight excluding hydrogens is 170 g/mol. The second kappa shape index (κ2) is 3.39. The van der Waals surface area contributed by atoms with E-state index in [1.807, 2.05) is 0 Å². The fourth-order valence-electron chi connectivity index (χ4n) is 2.58. The summed E-state index contributed by atoms with van der Waals surface area (Å²) < 4.78 is 0. The third-order valence-corrected chi connectivity index (χ3v) is 3.55. The van der Waals surface area contributed by atoms with Gasteiger partial charge in [0.25, 0.3) is 0 Å². The summed E-state index contributed by atoms with van der Waals surface area (Å²) >= 11 is 0. The molecule has 0 unspecified atom stereocenters. The molecule has 1 saturated heterocycles. The largest absolute Gasteiger partial charge is 0.316 e. The highest BCUT2D eigenvalue weighted by atomic mass is 14.9. The maximum atomic E-state index is 3.33. The number of hydrogen-bond acceptors (Lipinski definition) is 1. The van der Waals surface area contributed by atoms with Gasteiger partial charge < -0.3 is 5.32 Å². The third kappa shape index (κ3) is 1.46. The molecule has 1 aliphatic carbocycles. The van der Waals surface area contributed by atoms with Crippen molar-refractivity contribution < 1.29 is 0 Å². The van der Waals surface area contributed by atoms with Crippen molar-refractivity contribution in [2.45, 2.75) is 25.7 Å². The predicted molar refractivity (Wildman–Crippen MR) is 58.5 cm³/mol. The Labute approximate surface area is 85.5 Å². The fourth-order valence-corrected chi connectivity index (χ4v) is 2.58. The first-order valence-electron chi connectivity index (χ1n) is 5.73. The van der Waals surface area contributed by atoms with Crippen LogP contribution in [0.25, 0.3) is 0 Å². The highest BCUT2D eigenvalue weighted by Gasteiger charge is 2.18. The molecular formula is C13H17N. The minimum atomic E-state index is 0.898. The van der Waals surface area contributed by atoms with Crippen molar-refractivity contribution in [3.8, 4) is 0 Å². The minimum absolute atomic E-state index is 0.898. The molecule has 0 atom stereocenters. The van der Waals surface area contributed by atoms with Crippen LogP contribution in [0.5, 0.6) is 0 Å². The number of rotatable bonds is 2. The van der Waals surface area contributed by atoms with Gasteiger partial charge in [-0.3, -0.25) is 0 Å². The number of benzene rings is 1. The Bertz CT molecular complexity index is 339. The quantitative estimate of drug-likeness (QED) is 0.746. The normalized spacial score (nSPS) is 20.6. The molecule has 1 heteroatoms. The lowest BCUT2D eigenvalue weighted by Gasteiger charge is -2.27. The van der Waals surface area contributed by atoms with Gasteiger partial charge in [-0.1, -0.05) is 18.2 Å². The second-order valence-corrected chi connectivity index (χ2v) is 4.69. The number of fused-ring (bicyclic) bond motifs is 1. The van der Waals surface area contributed by atoms with Crippen molar-refractivity contribution in [3.63, 3.8) is 0 Å². The minimum Gasteiger partial charge on any atom is -0.316 e. The molecule has 1 N–H and O–H groups in total. The maximum absolute atomic E-state index is 3.33. The Morgan fingerprint density at radius 2 is 2.00 bits per heavy atom. The highest BCUT2D eigenvalue weighted by molar-refractivity contribution is 5.35. The zero-order valence-corrected chi connectivity index (χ0v) is 8.55. The van der Waals surface area contributed by atoms with E-state index in [4.69, 9.17) is 0 Å². The standard InChI is InChI=1S/C13H17N/c1-2-12-5-4-10(7-13(12)3-1)6-11-8-14-9-11/h4-5,7,11,14H,1-3,6,8-9H2. The lowest BCUT2D eigenvalue weighted by Crippen LogP contribution is -2.43. The SMILES string of the molecule is c1cc2c(cc1CC1CNC1)CCC2. The molecule has 0 saturated carbocycles. The van der Waals surface area contributed by atoms with Crippen molar-refractivity contribution in [1.29, 1.82) is 0 Å². The molecule has 0 amide bonds. The number of hydrogen-bond donors (Lipinski definition) is 1. The number of nitrogens with one attached hydrogen (secondary N) is 1. The first-order chi connectivity index (χ1) is 6.92. The average Bonchev–Trinajstić information content (AvgIpc) is 2.58. The molecule has 0 spiro atoms. The molecule has 74 valence electrons. The molecule has 2 aliphatic rings. The van der Waals surface area contributed by atoms with Crippen LogP contribution >= 0.6 is 0 Å². The Morgan fingerprint density at radius 3 is 2.79 bits per heavy atom. The van der Waals surface area contributed by atoms with E-state index in [1.165, 1.54) is 38.8 Å². The van der Waals surface area contributed by atoms with Crippen LogP contribution in [0.2, 0.25) is 0 Å². The van der Waals surface area contributed by atoms with Crippen LogP contribution < -0.4 is 5.32 Å². The highest BCUT2D eigenvalue weighted by Crippen LogP contribution is 2.24. The summed E-state index contributed by atoms with van der Waals surface area (Å²) in [6.07, 6.45) is 5.26. The fraction of sp³-hybridized carbons (Fsp3) is 0.538. The maximum Gasteiger partial charge on any atom is -0.000506 e. The molecule has 0 bridgehead atoms. The van der Waals surface area contributed by atoms with Crippen molar-refractivity contribution in [2.24, 2.45) is 5.92 Å². The molecule has 1 nitrogen and oxygen atoms in total. The van der Waals surface area contributed by atoms with Gasteiger partial charge >= 0.3 is 0 Å². The molecule has 0 aromatic heterocycles. The molecule has 1 heterocycles. The molecule has 1 aliphatic heterocycles. The van der Waals surface area contributed by atoms with Crippen molar-refractivity contribution in [3.05, 3.63) is 34.9 Å². The Morgan fingerprint density at radius 1 is 1.14 bits per heavy atom. The summed E-state index contributed by atoms with van der Waals surface area (Å²) in [6, 6.07) is 7.13. The first kappa shape index (κ1) is 8.49. The Hall–Kier alpha value is -0.820. The van der Waals surface area contributed by atoms with E-state index < -0.39 is 0 Å². The van der Waals surface area contributed by atoms with Gasteiger partial charge in [0, 0.05) is 0 Å². The molecule has 1 aromatic rings. The van der Waals surface area contributed by atoms with E-state index in [-0.39, 0.29) is 0 Å². The lowest BCUT2D eigenvalue weighted by molar-refractivity contribution is 0.346. The molecule has 1 fully saturated rings. The lowest BCUT2D eigenvalue weighted by atomic mass is 9.93. The van der Waals surface area contributed by atoms with E-state index in [2.05, 4.69) is 23.5 Å². The van der Waals surface area contributed by atoms with Gasteiger partial charge in [-0.25, -0.2) is 0 Å². The molecule has 1 aromatic carbocycles. The van der Waals surface area contributed by atoms with Gasteiger partial charge in [0.2, 0.25) is 0 Å². The zero-order chi connectivity index (χ0) is 9.38. The summed E-state index contributed by atoms with van der Waals surface area (Å²) in [7, 11) is 0. The van der Waals surface area contributed by atoms with E-state index in [1.54, 1.807) is 16.7 Å². The van der Waals surface area contributed by atoms with Gasteiger partial charge in [-0.15, -0.1) is 0 Å². The van der Waals surface area contributed by atoms with Crippen LogP contribution in [-0.4, -0.2) is 13.1 Å². The van der Waals surface area contributed by atoms with Gasteiger partial charge in [0.05, 0.1) is 0 Å². The Balaban J connectivity index is 1.78. The van der Waals surface area contributed by atoms with Crippen LogP contribution in [-0.2, 0) is 19.3 Å². The van der Waals surface area contributed by atoms with E-state index >= 15 is 0 Å². The predicted octanol–water partition coefficient (Wildman–Crippen LogP) is 1.94. The average molecular weight is 187 g/mol. The molecule has 14 heavy (non-hydrogen) atoms. The summed E-state index contributed by atoms with van der Waals surface area (Å²) in [5.41, 5.74) is 4.77.